The minimum absolute atomic E-state index is 0.580. The number of nitrogens with one attached hydrogen (secondary N) is 1. The third-order valence-electron chi connectivity index (χ3n) is 3.89. The highest BCUT2D eigenvalue weighted by Crippen LogP contribution is 2.29. The third kappa shape index (κ3) is 2.10. The van der Waals surface area contributed by atoms with E-state index in [1.807, 2.05) is 10.6 Å². The summed E-state index contributed by atoms with van der Waals surface area (Å²) in [4.78, 5) is 13.2. The summed E-state index contributed by atoms with van der Waals surface area (Å²) in [6, 6.07) is 1.95. The van der Waals surface area contributed by atoms with Gasteiger partial charge in [0.2, 0.25) is 0 Å². The molecule has 0 saturated heterocycles. The van der Waals surface area contributed by atoms with Gasteiger partial charge < -0.3 is 11.1 Å². The smallest absolute Gasteiger partial charge is 0.158 e. The maximum atomic E-state index is 5.64. The molecule has 3 heterocycles. The van der Waals surface area contributed by atoms with Crippen LogP contribution < -0.4 is 11.1 Å². The first kappa shape index (κ1) is 13.1. The summed E-state index contributed by atoms with van der Waals surface area (Å²) in [5.74, 6) is 1.01. The number of hydrogen-bond donors (Lipinski definition) is 2. The Hall–Kier alpha value is -2.54. The Morgan fingerprint density at radius 1 is 1.23 bits per heavy atom. The van der Waals surface area contributed by atoms with E-state index in [-0.39, 0.29) is 0 Å². The van der Waals surface area contributed by atoms with E-state index in [1.165, 1.54) is 5.56 Å². The molecule has 0 aromatic carbocycles. The van der Waals surface area contributed by atoms with Gasteiger partial charge in [-0.05, 0) is 19.3 Å². The van der Waals surface area contributed by atoms with Gasteiger partial charge in [-0.25, -0.2) is 4.98 Å². The van der Waals surface area contributed by atoms with Gasteiger partial charge in [0.15, 0.2) is 5.65 Å². The molecule has 0 saturated carbocycles. The van der Waals surface area contributed by atoms with Crippen LogP contribution in [0.3, 0.4) is 0 Å². The van der Waals surface area contributed by atoms with Gasteiger partial charge in [-0.15, -0.1) is 0 Å². The number of hydrogen-bond acceptors (Lipinski definition) is 6. The second kappa shape index (κ2) is 5.34. The molecule has 112 valence electrons. The lowest BCUT2D eigenvalue weighted by molar-refractivity contribution is 0.893. The van der Waals surface area contributed by atoms with Gasteiger partial charge in [-0.1, -0.05) is 0 Å². The Morgan fingerprint density at radius 2 is 2.18 bits per heavy atom. The van der Waals surface area contributed by atoms with Gasteiger partial charge in [-0.2, -0.15) is 9.61 Å². The van der Waals surface area contributed by atoms with Crippen molar-refractivity contribution in [1.29, 1.82) is 0 Å². The fraction of sp³-hybridized carbons (Fsp3) is 0.333. The average molecular weight is 295 g/mol. The molecule has 1 aliphatic carbocycles. The monoisotopic (exact) mass is 295 g/mol. The largest absolute Gasteiger partial charge is 0.368 e. The fourth-order valence-corrected chi connectivity index (χ4v) is 2.92. The van der Waals surface area contributed by atoms with E-state index in [9.17, 15) is 0 Å². The van der Waals surface area contributed by atoms with E-state index in [1.54, 1.807) is 18.6 Å². The quantitative estimate of drug-likeness (QED) is 0.747. The topological polar surface area (TPSA) is 94.0 Å². The molecular formula is C15H17N7. The standard InChI is InChI=1S/C15H17N7/c16-4-5-19-15-10-2-1-3-11(10)20-14-8-12(21-22(14)15)13-9-17-6-7-18-13/h6-9,19H,1-5,16H2. The zero-order valence-electron chi connectivity index (χ0n) is 12.2. The van der Waals surface area contributed by atoms with Gasteiger partial charge >= 0.3 is 0 Å². The molecule has 0 atom stereocenters. The zero-order chi connectivity index (χ0) is 14.9. The SMILES string of the molecule is NCCNc1c2c(nc3cc(-c4cnccn4)nn13)CCC2. The van der Waals surface area contributed by atoms with E-state index in [4.69, 9.17) is 10.7 Å². The van der Waals surface area contributed by atoms with Crippen LogP contribution in [0.4, 0.5) is 5.82 Å². The van der Waals surface area contributed by atoms with Crippen LogP contribution in [-0.4, -0.2) is 37.7 Å². The summed E-state index contributed by atoms with van der Waals surface area (Å²) in [6.45, 7) is 1.29. The lowest BCUT2D eigenvalue weighted by atomic mass is 10.2. The molecule has 0 bridgehead atoms. The minimum atomic E-state index is 0.580. The second-order valence-corrected chi connectivity index (χ2v) is 5.34. The van der Waals surface area contributed by atoms with Crippen LogP contribution in [0.2, 0.25) is 0 Å². The maximum Gasteiger partial charge on any atom is 0.158 e. The first-order valence-electron chi connectivity index (χ1n) is 7.48. The molecule has 0 unspecified atom stereocenters. The second-order valence-electron chi connectivity index (χ2n) is 5.34. The van der Waals surface area contributed by atoms with Crippen molar-refractivity contribution < 1.29 is 0 Å². The van der Waals surface area contributed by atoms with Gasteiger partial charge in [0.1, 0.15) is 17.2 Å². The summed E-state index contributed by atoms with van der Waals surface area (Å²) in [5.41, 5.74) is 10.4. The molecule has 0 radical (unpaired) electrons. The van der Waals surface area contributed by atoms with Crippen LogP contribution in [0.5, 0.6) is 0 Å². The Balaban J connectivity index is 1.88. The fourth-order valence-electron chi connectivity index (χ4n) is 2.92. The molecule has 0 spiro atoms. The zero-order valence-corrected chi connectivity index (χ0v) is 12.2. The third-order valence-corrected chi connectivity index (χ3v) is 3.89. The van der Waals surface area contributed by atoms with Crippen molar-refractivity contribution >= 4 is 11.5 Å². The van der Waals surface area contributed by atoms with Crippen molar-refractivity contribution in [2.75, 3.05) is 18.4 Å². The normalized spacial score (nSPS) is 13.5. The molecule has 22 heavy (non-hydrogen) atoms. The van der Waals surface area contributed by atoms with E-state index in [0.717, 1.165) is 47.8 Å². The van der Waals surface area contributed by atoms with Crippen molar-refractivity contribution in [2.24, 2.45) is 5.73 Å². The highest BCUT2D eigenvalue weighted by atomic mass is 15.3. The van der Waals surface area contributed by atoms with Crippen molar-refractivity contribution in [2.45, 2.75) is 19.3 Å². The number of anilines is 1. The van der Waals surface area contributed by atoms with Crippen LogP contribution in [0.25, 0.3) is 17.0 Å². The molecule has 4 rings (SSSR count). The van der Waals surface area contributed by atoms with Gasteiger partial charge in [0, 0.05) is 42.8 Å². The van der Waals surface area contributed by atoms with E-state index < -0.39 is 0 Å². The van der Waals surface area contributed by atoms with Crippen molar-refractivity contribution in [3.63, 3.8) is 0 Å². The van der Waals surface area contributed by atoms with Gasteiger partial charge in [-0.3, -0.25) is 9.97 Å². The van der Waals surface area contributed by atoms with Crippen LogP contribution in [0.1, 0.15) is 17.7 Å². The Bertz CT molecular complexity index is 810. The maximum absolute atomic E-state index is 5.64. The molecule has 1 aliphatic rings. The molecule has 0 fully saturated rings. The van der Waals surface area contributed by atoms with Gasteiger partial charge in [0.25, 0.3) is 0 Å². The number of nitrogens with zero attached hydrogens (tertiary/aromatic N) is 5. The van der Waals surface area contributed by atoms with Crippen molar-refractivity contribution in [1.82, 2.24) is 24.6 Å². The van der Waals surface area contributed by atoms with Crippen LogP contribution in [0, 0.1) is 0 Å². The molecule has 7 heteroatoms. The predicted molar refractivity (Wildman–Crippen MR) is 83.6 cm³/mol. The summed E-state index contributed by atoms with van der Waals surface area (Å²) in [6.07, 6.45) is 8.23. The minimum Gasteiger partial charge on any atom is -0.368 e. The lowest BCUT2D eigenvalue weighted by Crippen LogP contribution is -2.17. The highest BCUT2D eigenvalue weighted by Gasteiger charge is 2.21. The van der Waals surface area contributed by atoms with E-state index in [2.05, 4.69) is 20.4 Å². The lowest BCUT2D eigenvalue weighted by Gasteiger charge is -2.12. The van der Waals surface area contributed by atoms with Crippen LogP contribution in [-0.2, 0) is 12.8 Å². The number of aromatic nitrogens is 5. The molecule has 7 nitrogen and oxygen atoms in total. The van der Waals surface area contributed by atoms with Crippen LogP contribution in [0.15, 0.2) is 24.7 Å². The van der Waals surface area contributed by atoms with E-state index >= 15 is 0 Å². The first-order chi connectivity index (χ1) is 10.9. The first-order valence-corrected chi connectivity index (χ1v) is 7.48. The highest BCUT2D eigenvalue weighted by molar-refractivity contribution is 5.64. The summed E-state index contributed by atoms with van der Waals surface area (Å²) >= 11 is 0. The number of fused-ring (bicyclic) bond motifs is 2. The van der Waals surface area contributed by atoms with Crippen molar-refractivity contribution in [3.8, 4) is 11.4 Å². The van der Waals surface area contributed by atoms with Gasteiger partial charge in [0.05, 0.1) is 6.20 Å². The Kier molecular flexibility index (Phi) is 3.19. The number of aryl methyl sites for hydroxylation is 1. The summed E-state index contributed by atoms with van der Waals surface area (Å²) < 4.78 is 1.86. The molecule has 0 aliphatic heterocycles. The average Bonchev–Trinajstić information content (AvgIpc) is 3.18. The van der Waals surface area contributed by atoms with E-state index in [0.29, 0.717) is 13.1 Å². The van der Waals surface area contributed by atoms with Crippen LogP contribution >= 0.6 is 0 Å². The van der Waals surface area contributed by atoms with Crippen molar-refractivity contribution in [3.05, 3.63) is 35.9 Å². The number of rotatable bonds is 4. The molecule has 0 amide bonds. The number of nitrogens with two attached hydrogens (primary N) is 1. The summed E-state index contributed by atoms with van der Waals surface area (Å²) in [5, 5.41) is 8.06. The predicted octanol–water partition coefficient (Wildman–Crippen LogP) is 1.05. The molecule has 3 N–H and O–H groups in total. The summed E-state index contributed by atoms with van der Waals surface area (Å²) in [7, 11) is 0. The Morgan fingerprint density at radius 3 is 3.00 bits per heavy atom. The molecule has 3 aromatic heterocycles. The Labute approximate surface area is 127 Å². The molecule has 3 aromatic rings. The molecular weight excluding hydrogens is 278 g/mol.